The minimum atomic E-state index is -0.560. The summed E-state index contributed by atoms with van der Waals surface area (Å²) in [6, 6.07) is 7.14. The third-order valence-electron chi connectivity index (χ3n) is 2.21. The van der Waals surface area contributed by atoms with Crippen LogP contribution in [0.3, 0.4) is 0 Å². The van der Waals surface area contributed by atoms with Crippen LogP contribution in [0, 0.1) is 6.92 Å². The second-order valence-electron chi connectivity index (χ2n) is 3.96. The molecule has 0 amide bonds. The summed E-state index contributed by atoms with van der Waals surface area (Å²) < 4.78 is 10.4. The maximum atomic E-state index is 9.83. The molecule has 1 aromatic heterocycles. The minimum absolute atomic E-state index is 0.230. The third kappa shape index (κ3) is 4.70. The van der Waals surface area contributed by atoms with Crippen LogP contribution in [0.2, 0.25) is 0 Å². The molecule has 1 atom stereocenters. The van der Waals surface area contributed by atoms with Gasteiger partial charge in [0.25, 0.3) is 0 Å². The quantitative estimate of drug-likeness (QED) is 0.626. The van der Waals surface area contributed by atoms with Crippen molar-refractivity contribution in [2.75, 3.05) is 18.1 Å². The van der Waals surface area contributed by atoms with Crippen LogP contribution in [-0.4, -0.2) is 32.9 Å². The van der Waals surface area contributed by atoms with Crippen LogP contribution < -0.4 is 10.5 Å². The number of thioether (sulfide) groups is 1. The van der Waals surface area contributed by atoms with Crippen molar-refractivity contribution in [3.8, 4) is 5.75 Å². The van der Waals surface area contributed by atoms with E-state index in [0.717, 1.165) is 10.2 Å². The molecule has 0 aliphatic carbocycles. The van der Waals surface area contributed by atoms with Gasteiger partial charge in [-0.25, -0.2) is 4.98 Å². The fourth-order valence-electron chi connectivity index (χ4n) is 1.35. The molecule has 0 saturated carbocycles. The first kappa shape index (κ1) is 14.1. The molecule has 0 fully saturated rings. The van der Waals surface area contributed by atoms with Gasteiger partial charge in [-0.15, -0.1) is 0 Å². The predicted octanol–water partition coefficient (Wildman–Crippen LogP) is 1.96. The van der Waals surface area contributed by atoms with Crippen molar-refractivity contribution >= 4 is 29.0 Å². The zero-order chi connectivity index (χ0) is 13.7. The molecule has 1 unspecified atom stereocenters. The summed E-state index contributed by atoms with van der Waals surface area (Å²) in [7, 11) is 0. The number of hydrogen-bond acceptors (Lipinski definition) is 7. The Hall–Kier alpha value is -1.31. The fourth-order valence-corrected chi connectivity index (χ4v) is 2.93. The summed E-state index contributed by atoms with van der Waals surface area (Å²) in [5.74, 6) is 1.95. The number of rotatable bonds is 6. The van der Waals surface area contributed by atoms with Crippen molar-refractivity contribution in [3.63, 3.8) is 0 Å². The highest BCUT2D eigenvalue weighted by Gasteiger charge is 2.09. The summed E-state index contributed by atoms with van der Waals surface area (Å²) in [5, 5.41) is 9.83. The Morgan fingerprint density at radius 1 is 1.53 bits per heavy atom. The van der Waals surface area contributed by atoms with E-state index in [2.05, 4.69) is 9.36 Å². The number of hydrogen-bond donors (Lipinski definition) is 2. The summed E-state index contributed by atoms with van der Waals surface area (Å²) in [4.78, 5) is 4.21. The van der Waals surface area contributed by atoms with E-state index >= 15 is 0 Å². The van der Waals surface area contributed by atoms with Crippen LogP contribution in [0.1, 0.15) is 5.82 Å². The van der Waals surface area contributed by atoms with Gasteiger partial charge < -0.3 is 15.6 Å². The lowest BCUT2D eigenvalue weighted by molar-refractivity contribution is 0.126. The maximum Gasteiger partial charge on any atom is 0.170 e. The average Bonchev–Trinajstić information content (AvgIpc) is 2.80. The molecule has 0 spiro atoms. The monoisotopic (exact) mass is 297 g/mol. The van der Waals surface area contributed by atoms with Gasteiger partial charge in [0.15, 0.2) is 4.34 Å². The van der Waals surface area contributed by atoms with E-state index in [9.17, 15) is 5.11 Å². The molecule has 19 heavy (non-hydrogen) atoms. The van der Waals surface area contributed by atoms with Crippen LogP contribution in [-0.2, 0) is 0 Å². The third-order valence-corrected chi connectivity index (χ3v) is 4.28. The standard InChI is InChI=1S/C12H15N3O2S2/c1-8-14-12(19-15-8)18-7-10(16)6-17-11-4-2-3-9(13)5-11/h2-5,10,16H,6-7,13H2,1H3. The highest BCUT2D eigenvalue weighted by Crippen LogP contribution is 2.21. The number of aliphatic hydroxyl groups excluding tert-OH is 1. The molecule has 0 saturated heterocycles. The number of benzene rings is 1. The Morgan fingerprint density at radius 2 is 2.37 bits per heavy atom. The van der Waals surface area contributed by atoms with E-state index in [4.69, 9.17) is 10.5 Å². The van der Waals surface area contributed by atoms with Crippen LogP contribution in [0.5, 0.6) is 5.75 Å². The number of ether oxygens (including phenoxy) is 1. The molecule has 3 N–H and O–H groups in total. The first-order valence-corrected chi connectivity index (χ1v) is 7.49. The topological polar surface area (TPSA) is 81.3 Å². The van der Waals surface area contributed by atoms with Crippen molar-refractivity contribution in [1.82, 2.24) is 9.36 Å². The second-order valence-corrected chi connectivity index (χ2v) is 5.97. The second kappa shape index (κ2) is 6.74. The van der Waals surface area contributed by atoms with Gasteiger partial charge in [0.2, 0.25) is 0 Å². The molecule has 2 aromatic rings. The van der Waals surface area contributed by atoms with E-state index in [-0.39, 0.29) is 6.61 Å². The molecular formula is C12H15N3O2S2. The zero-order valence-corrected chi connectivity index (χ0v) is 12.1. The largest absolute Gasteiger partial charge is 0.491 e. The highest BCUT2D eigenvalue weighted by atomic mass is 32.2. The number of aryl methyl sites for hydroxylation is 1. The van der Waals surface area contributed by atoms with Gasteiger partial charge in [-0.05, 0) is 30.6 Å². The summed E-state index contributed by atoms with van der Waals surface area (Å²) in [5.41, 5.74) is 6.29. The molecule has 1 heterocycles. The normalized spacial score (nSPS) is 12.3. The van der Waals surface area contributed by atoms with Crippen molar-refractivity contribution in [1.29, 1.82) is 0 Å². The van der Waals surface area contributed by atoms with Gasteiger partial charge in [-0.2, -0.15) is 4.37 Å². The Morgan fingerprint density at radius 3 is 3.05 bits per heavy atom. The molecule has 1 aromatic carbocycles. The predicted molar refractivity (Wildman–Crippen MR) is 77.7 cm³/mol. The molecule has 0 bridgehead atoms. The smallest absolute Gasteiger partial charge is 0.170 e. The van der Waals surface area contributed by atoms with Crippen molar-refractivity contribution in [2.24, 2.45) is 0 Å². The summed E-state index contributed by atoms with van der Waals surface area (Å²) >= 11 is 2.82. The van der Waals surface area contributed by atoms with Gasteiger partial charge >= 0.3 is 0 Å². The Kier molecular flexibility index (Phi) is 5.00. The molecule has 7 heteroatoms. The van der Waals surface area contributed by atoms with Crippen molar-refractivity contribution in [3.05, 3.63) is 30.1 Å². The van der Waals surface area contributed by atoms with Gasteiger partial charge in [-0.3, -0.25) is 0 Å². The van der Waals surface area contributed by atoms with E-state index < -0.39 is 6.10 Å². The molecule has 0 aliphatic rings. The number of anilines is 1. The van der Waals surface area contributed by atoms with E-state index in [1.54, 1.807) is 12.1 Å². The highest BCUT2D eigenvalue weighted by molar-refractivity contribution is 8.00. The SMILES string of the molecule is Cc1nsc(SCC(O)COc2cccc(N)c2)n1. The van der Waals surface area contributed by atoms with Crippen LogP contribution in [0.15, 0.2) is 28.6 Å². The number of nitrogens with zero attached hydrogens (tertiary/aromatic N) is 2. The lowest BCUT2D eigenvalue weighted by Crippen LogP contribution is -2.20. The van der Waals surface area contributed by atoms with Gasteiger partial charge in [0, 0.05) is 17.5 Å². The number of nitrogens with two attached hydrogens (primary N) is 1. The first-order valence-electron chi connectivity index (χ1n) is 5.73. The number of aliphatic hydroxyl groups is 1. The summed E-state index contributed by atoms with van der Waals surface area (Å²) in [6.07, 6.45) is -0.560. The van der Waals surface area contributed by atoms with E-state index in [0.29, 0.717) is 17.2 Å². The molecule has 0 aliphatic heterocycles. The van der Waals surface area contributed by atoms with Crippen molar-refractivity contribution in [2.45, 2.75) is 17.4 Å². The Balaban J connectivity index is 1.74. The lowest BCUT2D eigenvalue weighted by atomic mass is 10.3. The minimum Gasteiger partial charge on any atom is -0.491 e. The molecular weight excluding hydrogens is 282 g/mol. The average molecular weight is 297 g/mol. The van der Waals surface area contributed by atoms with E-state index in [1.807, 2.05) is 19.1 Å². The van der Waals surface area contributed by atoms with Crippen LogP contribution in [0.4, 0.5) is 5.69 Å². The van der Waals surface area contributed by atoms with Gasteiger partial charge in [0.05, 0.1) is 6.10 Å². The maximum absolute atomic E-state index is 9.83. The van der Waals surface area contributed by atoms with Gasteiger partial charge in [0.1, 0.15) is 18.2 Å². The van der Waals surface area contributed by atoms with Gasteiger partial charge in [-0.1, -0.05) is 17.8 Å². The summed E-state index contributed by atoms with van der Waals surface area (Å²) in [6.45, 7) is 2.08. The number of nitrogen functional groups attached to an aromatic ring is 1. The Bertz CT molecular complexity index is 533. The number of aromatic nitrogens is 2. The molecule has 5 nitrogen and oxygen atoms in total. The fraction of sp³-hybridized carbons (Fsp3) is 0.333. The Labute approximate surface area is 120 Å². The molecule has 2 rings (SSSR count). The van der Waals surface area contributed by atoms with E-state index in [1.165, 1.54) is 23.3 Å². The molecule has 102 valence electrons. The lowest BCUT2D eigenvalue weighted by Gasteiger charge is -2.11. The van der Waals surface area contributed by atoms with Crippen LogP contribution >= 0.6 is 23.3 Å². The zero-order valence-electron chi connectivity index (χ0n) is 10.4. The van der Waals surface area contributed by atoms with Crippen LogP contribution in [0.25, 0.3) is 0 Å². The molecule has 0 radical (unpaired) electrons. The van der Waals surface area contributed by atoms with Crippen molar-refractivity contribution < 1.29 is 9.84 Å². The first-order chi connectivity index (χ1) is 9.13.